The predicted octanol–water partition coefficient (Wildman–Crippen LogP) is 1.65. The number of hydrogen-bond donors (Lipinski definition) is 2. The Morgan fingerprint density at radius 2 is 1.75 bits per heavy atom. The molecule has 1 amide bonds. The minimum atomic E-state index is -4.02. The number of amides is 1. The number of hydroxylamine groups is 1. The van der Waals surface area contributed by atoms with Gasteiger partial charge in [-0.3, -0.25) is 10.0 Å². The maximum absolute atomic E-state index is 14.4. The first-order chi connectivity index (χ1) is 16.3. The number of sulfonamides is 1. The molecular weight excluding hydrogens is 538 g/mol. The van der Waals surface area contributed by atoms with Crippen LogP contribution in [0.2, 0.25) is 0 Å². The van der Waals surface area contributed by atoms with Gasteiger partial charge in [-0.1, -0.05) is 0 Å². The van der Waals surface area contributed by atoms with Gasteiger partial charge < -0.3 is 19.3 Å². The fourth-order valence-electron chi connectivity index (χ4n) is 4.87. The number of benzene rings is 1. The van der Waals surface area contributed by atoms with E-state index in [0.29, 0.717) is 44.5 Å². The quantitative estimate of drug-likeness (QED) is 0.261. The second-order valence-electron chi connectivity index (χ2n) is 9.05. The van der Waals surface area contributed by atoms with Gasteiger partial charge in [-0.05, 0) is 37.8 Å². The monoisotopic (exact) mass is 572 g/mol. The van der Waals surface area contributed by atoms with Gasteiger partial charge in [0.25, 0.3) is 5.91 Å². The van der Waals surface area contributed by atoms with Crippen LogP contribution in [0, 0.1) is 5.82 Å². The van der Waals surface area contributed by atoms with Gasteiger partial charge in [-0.2, -0.15) is 4.31 Å². The zero-order chi connectivity index (χ0) is 24.3. The van der Waals surface area contributed by atoms with Crippen LogP contribution in [0.5, 0.6) is 5.75 Å². The van der Waals surface area contributed by atoms with Gasteiger partial charge in [-0.15, -0.1) is 24.8 Å². The molecule has 3 fully saturated rings. The normalized spacial score (nSPS) is 20.7. The highest BCUT2D eigenvalue weighted by molar-refractivity contribution is 7.91. The second-order valence-corrected chi connectivity index (χ2v) is 11.3. The average Bonchev–Trinajstić information content (AvgIpc) is 3.70. The van der Waals surface area contributed by atoms with Crippen molar-refractivity contribution in [1.82, 2.24) is 14.7 Å². The Morgan fingerprint density at radius 3 is 2.28 bits per heavy atom. The average molecular weight is 574 g/mol. The maximum atomic E-state index is 14.4. The Morgan fingerprint density at radius 1 is 1.11 bits per heavy atom. The van der Waals surface area contributed by atoms with E-state index in [1.165, 1.54) is 17.5 Å². The molecule has 206 valence electrons. The second kappa shape index (κ2) is 12.9. The molecule has 14 heteroatoms. The summed E-state index contributed by atoms with van der Waals surface area (Å²) in [5.74, 6) is -1.22. The van der Waals surface area contributed by atoms with E-state index >= 15 is 0 Å². The van der Waals surface area contributed by atoms with Gasteiger partial charge >= 0.3 is 0 Å². The summed E-state index contributed by atoms with van der Waals surface area (Å²) < 4.78 is 51.7. The third-order valence-corrected chi connectivity index (χ3v) is 9.71. The van der Waals surface area contributed by atoms with Crippen LogP contribution < -0.4 is 15.1 Å². The highest BCUT2D eigenvalue weighted by atomic mass is 35.5. The van der Waals surface area contributed by atoms with Crippen molar-refractivity contribution < 1.29 is 32.3 Å². The third kappa shape index (κ3) is 6.17. The lowest BCUT2D eigenvalue weighted by atomic mass is 9.95. The number of rotatable bonds is 9. The van der Waals surface area contributed by atoms with E-state index in [1.807, 2.05) is 4.90 Å². The van der Waals surface area contributed by atoms with Crippen molar-refractivity contribution in [3.05, 3.63) is 24.0 Å². The number of anilines is 1. The summed E-state index contributed by atoms with van der Waals surface area (Å²) in [6, 6.07) is 5.15. The van der Waals surface area contributed by atoms with Crippen molar-refractivity contribution in [2.75, 3.05) is 64.5 Å². The first-order valence-electron chi connectivity index (χ1n) is 11.7. The highest BCUT2D eigenvalue weighted by Crippen LogP contribution is 2.38. The molecule has 1 aliphatic carbocycles. The summed E-state index contributed by atoms with van der Waals surface area (Å²) in [6.45, 7) is 2.66. The molecule has 2 aliphatic heterocycles. The topological polar surface area (TPSA) is 112 Å². The smallest absolute Gasteiger partial charge is 0.266 e. The van der Waals surface area contributed by atoms with E-state index in [4.69, 9.17) is 9.47 Å². The molecule has 10 nitrogen and oxygen atoms in total. The van der Waals surface area contributed by atoms with Crippen LogP contribution in [-0.2, 0) is 19.6 Å². The first kappa shape index (κ1) is 30.8. The van der Waals surface area contributed by atoms with Crippen molar-refractivity contribution in [1.29, 1.82) is 0 Å². The summed E-state index contributed by atoms with van der Waals surface area (Å²) >= 11 is 0. The molecule has 4 rings (SSSR count). The van der Waals surface area contributed by atoms with Crippen molar-refractivity contribution in [3.63, 3.8) is 0 Å². The number of piperazine rings is 1. The van der Waals surface area contributed by atoms with Crippen molar-refractivity contribution in [3.8, 4) is 5.75 Å². The molecule has 2 heterocycles. The molecule has 1 saturated carbocycles. The van der Waals surface area contributed by atoms with Crippen LogP contribution in [0.4, 0.5) is 10.1 Å². The summed E-state index contributed by atoms with van der Waals surface area (Å²) in [5.41, 5.74) is 2.24. The summed E-state index contributed by atoms with van der Waals surface area (Å²) in [6.07, 6.45) is 2.51. The number of nitrogens with zero attached hydrogens (tertiary/aromatic N) is 3. The zero-order valence-electron chi connectivity index (χ0n) is 20.2. The molecule has 2 saturated heterocycles. The van der Waals surface area contributed by atoms with Crippen molar-refractivity contribution >= 4 is 46.4 Å². The molecule has 0 atom stereocenters. The number of ether oxygens (including phenoxy) is 2. The minimum absolute atomic E-state index is 0. The third-order valence-electron chi connectivity index (χ3n) is 7.08. The summed E-state index contributed by atoms with van der Waals surface area (Å²) in [7, 11) is -2.48. The molecule has 0 unspecified atom stereocenters. The molecule has 1 aromatic rings. The molecule has 36 heavy (non-hydrogen) atoms. The van der Waals surface area contributed by atoms with Crippen LogP contribution >= 0.6 is 24.8 Å². The number of carbonyl (C=O) groups is 1. The molecule has 0 spiro atoms. The first-order valence-corrected chi connectivity index (χ1v) is 13.1. The Kier molecular flexibility index (Phi) is 11.0. The van der Waals surface area contributed by atoms with Gasteiger partial charge in [0.2, 0.25) is 10.0 Å². The molecule has 0 radical (unpaired) electrons. The largest absolute Gasteiger partial charge is 0.488 e. The fourth-order valence-corrected chi connectivity index (χ4v) is 6.98. The van der Waals surface area contributed by atoms with E-state index in [-0.39, 0.29) is 63.1 Å². The van der Waals surface area contributed by atoms with Gasteiger partial charge in [0, 0.05) is 64.2 Å². The van der Waals surface area contributed by atoms with E-state index in [9.17, 15) is 22.8 Å². The van der Waals surface area contributed by atoms with E-state index in [0.717, 1.165) is 12.8 Å². The Bertz CT molecular complexity index is 985. The lowest BCUT2D eigenvalue weighted by molar-refractivity contribution is -0.133. The Hall–Kier alpha value is -1.41. The molecule has 3 aliphatic rings. The van der Waals surface area contributed by atoms with Crippen LogP contribution in [0.15, 0.2) is 18.2 Å². The summed E-state index contributed by atoms with van der Waals surface area (Å²) in [5, 5.41) is 9.35. The van der Waals surface area contributed by atoms with E-state index in [1.54, 1.807) is 17.6 Å². The zero-order valence-corrected chi connectivity index (χ0v) is 22.7. The fraction of sp³-hybridized carbons (Fsp3) is 0.682. The number of halogens is 3. The lowest BCUT2D eigenvalue weighted by Gasteiger charge is -2.44. The molecule has 2 N–H and O–H groups in total. The number of methoxy groups -OCH3 is 1. The number of likely N-dealkylation sites (tertiary alicyclic amines) is 1. The van der Waals surface area contributed by atoms with Crippen LogP contribution in [0.3, 0.4) is 0 Å². The molecule has 0 bridgehead atoms. The number of carbonyl (C=O) groups excluding carboxylic acids is 1. The number of piperidine rings is 1. The Balaban J connectivity index is 0.00000228. The standard InChI is InChI=1S/C22H33FN4O6S.2ClH/c1-32-14-15-33-20-5-4-18(16-19(20)23)26-10-12-27(13-11-26)34(30,31)22(21(28)24-29)6-8-25(9-7-22)17-2-3-17;;/h4-5,16-17,29H,2-3,6-15H2,1H3,(H,24,28);2*1H. The van der Waals surface area contributed by atoms with Gasteiger partial charge in [-0.25, -0.2) is 18.3 Å². The molecular formula is C22H35Cl2FN4O6S. The maximum Gasteiger partial charge on any atom is 0.266 e. The van der Waals surface area contributed by atoms with E-state index in [2.05, 4.69) is 4.90 Å². The van der Waals surface area contributed by atoms with Crippen LogP contribution in [0.1, 0.15) is 25.7 Å². The molecule has 0 aromatic heterocycles. The number of nitrogens with one attached hydrogen (secondary N) is 1. The number of hydrogen-bond acceptors (Lipinski definition) is 8. The summed E-state index contributed by atoms with van der Waals surface area (Å²) in [4.78, 5) is 16.8. The van der Waals surface area contributed by atoms with Gasteiger partial charge in [0.05, 0.1) is 6.61 Å². The van der Waals surface area contributed by atoms with Gasteiger partial charge in [0.1, 0.15) is 6.61 Å². The molecule has 1 aromatic carbocycles. The Labute approximate surface area is 223 Å². The lowest BCUT2D eigenvalue weighted by Crippen LogP contribution is -2.63. The highest BCUT2D eigenvalue weighted by Gasteiger charge is 2.55. The van der Waals surface area contributed by atoms with E-state index < -0.39 is 26.5 Å². The van der Waals surface area contributed by atoms with Crippen LogP contribution in [-0.4, -0.2) is 99.1 Å². The SMILES string of the molecule is COCCOc1ccc(N2CCN(S(=O)(=O)C3(C(=O)NO)CCN(C4CC4)CC3)CC2)cc1F.Cl.Cl. The predicted molar refractivity (Wildman–Crippen MR) is 137 cm³/mol. The van der Waals surface area contributed by atoms with Crippen molar-refractivity contribution in [2.45, 2.75) is 36.5 Å². The minimum Gasteiger partial charge on any atom is -0.488 e. The van der Waals surface area contributed by atoms with Crippen LogP contribution in [0.25, 0.3) is 0 Å². The van der Waals surface area contributed by atoms with Gasteiger partial charge in [0.15, 0.2) is 16.3 Å². The van der Waals surface area contributed by atoms with Crippen molar-refractivity contribution in [2.24, 2.45) is 0 Å².